The average molecular weight is 224 g/mol. The molecule has 0 atom stereocenters. The van der Waals surface area contributed by atoms with Crippen molar-refractivity contribution in [3.63, 3.8) is 0 Å². The topological polar surface area (TPSA) is 43.4 Å². The van der Waals surface area contributed by atoms with Gasteiger partial charge in [-0.25, -0.2) is 0 Å². The standard InChI is InChI=1S/C9H12O3S.Na.H/c1-8(2)13(10,11)12-9-6-4-3-5-7-9;;/h3-8H,1-2H3;;/q;+1;-1. The molecule has 0 aromatic heterocycles. The summed E-state index contributed by atoms with van der Waals surface area (Å²) >= 11 is 0. The third-order valence-corrected chi connectivity index (χ3v) is 3.11. The fraction of sp³-hybridized carbons (Fsp3) is 0.333. The van der Waals surface area contributed by atoms with Crippen molar-refractivity contribution in [2.75, 3.05) is 0 Å². The minimum absolute atomic E-state index is 0. The zero-order valence-electron chi connectivity index (χ0n) is 9.60. The smallest absolute Gasteiger partial charge is 1.00 e. The molecule has 1 aromatic carbocycles. The van der Waals surface area contributed by atoms with Crippen LogP contribution in [0.1, 0.15) is 15.3 Å². The monoisotopic (exact) mass is 224 g/mol. The first-order valence-electron chi connectivity index (χ1n) is 4.01. The molecule has 0 aliphatic rings. The Hall–Kier alpha value is -0.0300. The van der Waals surface area contributed by atoms with Crippen molar-refractivity contribution >= 4 is 10.1 Å². The summed E-state index contributed by atoms with van der Waals surface area (Å²) in [6.45, 7) is 3.16. The first kappa shape index (κ1) is 14.0. The molecule has 0 saturated heterocycles. The molecule has 0 N–H and O–H groups in total. The van der Waals surface area contributed by atoms with Gasteiger partial charge >= 0.3 is 39.7 Å². The molecule has 1 aromatic rings. The molecule has 0 aliphatic heterocycles. The Bertz CT molecular complexity index is 364. The number of benzene rings is 1. The van der Waals surface area contributed by atoms with Gasteiger partial charge in [-0.1, -0.05) is 18.2 Å². The normalized spacial score (nSPS) is 10.8. The zero-order chi connectivity index (χ0) is 9.90. The van der Waals surface area contributed by atoms with Crippen LogP contribution in [0, 0.1) is 0 Å². The summed E-state index contributed by atoms with van der Waals surface area (Å²) in [5, 5.41) is -0.521. The van der Waals surface area contributed by atoms with E-state index in [1.54, 1.807) is 44.2 Å². The fourth-order valence-corrected chi connectivity index (χ4v) is 1.28. The van der Waals surface area contributed by atoms with Crippen molar-refractivity contribution < 1.29 is 43.6 Å². The molecule has 74 valence electrons. The van der Waals surface area contributed by atoms with Crippen LogP contribution in [-0.4, -0.2) is 13.7 Å². The van der Waals surface area contributed by atoms with Crippen LogP contribution in [0.3, 0.4) is 0 Å². The van der Waals surface area contributed by atoms with Crippen molar-refractivity contribution in [3.8, 4) is 5.75 Å². The van der Waals surface area contributed by atoms with E-state index in [4.69, 9.17) is 4.18 Å². The van der Waals surface area contributed by atoms with Crippen LogP contribution in [0.2, 0.25) is 0 Å². The molecule has 0 spiro atoms. The summed E-state index contributed by atoms with van der Waals surface area (Å²) in [4.78, 5) is 0. The summed E-state index contributed by atoms with van der Waals surface area (Å²) in [5.74, 6) is 0.358. The summed E-state index contributed by atoms with van der Waals surface area (Å²) in [6.07, 6.45) is 0. The Morgan fingerprint density at radius 3 is 2.14 bits per heavy atom. The maximum atomic E-state index is 11.3. The van der Waals surface area contributed by atoms with Gasteiger partial charge in [0.25, 0.3) is 0 Å². The summed E-state index contributed by atoms with van der Waals surface area (Å²) < 4.78 is 27.4. The van der Waals surface area contributed by atoms with Gasteiger partial charge in [0.15, 0.2) is 0 Å². The molecule has 14 heavy (non-hydrogen) atoms. The van der Waals surface area contributed by atoms with Gasteiger partial charge in [0.05, 0.1) is 5.25 Å². The van der Waals surface area contributed by atoms with Crippen molar-refractivity contribution in [1.29, 1.82) is 0 Å². The van der Waals surface area contributed by atoms with Crippen molar-refractivity contribution in [2.24, 2.45) is 0 Å². The molecular weight excluding hydrogens is 211 g/mol. The van der Waals surface area contributed by atoms with Crippen LogP contribution in [0.5, 0.6) is 5.75 Å². The van der Waals surface area contributed by atoms with E-state index in [-0.39, 0.29) is 31.0 Å². The van der Waals surface area contributed by atoms with E-state index in [0.29, 0.717) is 5.75 Å². The first-order chi connectivity index (χ1) is 6.02. The predicted molar refractivity (Wildman–Crippen MR) is 52.2 cm³/mol. The Labute approximate surface area is 108 Å². The second kappa shape index (κ2) is 5.75. The molecule has 0 fully saturated rings. The quantitative estimate of drug-likeness (QED) is 0.484. The Morgan fingerprint density at radius 1 is 1.21 bits per heavy atom. The van der Waals surface area contributed by atoms with Gasteiger partial charge in [-0.2, -0.15) is 8.42 Å². The largest absolute Gasteiger partial charge is 1.00 e. The molecule has 0 heterocycles. The molecule has 0 aliphatic carbocycles. The average Bonchev–Trinajstić information content (AvgIpc) is 2.05. The molecule has 3 nitrogen and oxygen atoms in total. The van der Waals surface area contributed by atoms with E-state index in [1.807, 2.05) is 0 Å². The van der Waals surface area contributed by atoms with Crippen molar-refractivity contribution in [2.45, 2.75) is 19.1 Å². The molecular formula is C9H13NaO3S. The minimum Gasteiger partial charge on any atom is -1.00 e. The summed E-state index contributed by atoms with van der Waals surface area (Å²) in [5.41, 5.74) is 0. The van der Waals surface area contributed by atoms with Gasteiger partial charge in [0, 0.05) is 0 Å². The number of para-hydroxylation sites is 1. The van der Waals surface area contributed by atoms with Gasteiger partial charge in [-0.05, 0) is 26.0 Å². The van der Waals surface area contributed by atoms with E-state index in [1.165, 1.54) is 0 Å². The first-order valence-corrected chi connectivity index (χ1v) is 5.48. The van der Waals surface area contributed by atoms with Gasteiger partial charge in [-0.3, -0.25) is 0 Å². The third-order valence-electron chi connectivity index (χ3n) is 1.53. The Morgan fingerprint density at radius 2 is 1.71 bits per heavy atom. The molecule has 0 unspecified atom stereocenters. The maximum absolute atomic E-state index is 11.3. The summed E-state index contributed by atoms with van der Waals surface area (Å²) in [7, 11) is -3.45. The van der Waals surface area contributed by atoms with E-state index in [9.17, 15) is 8.42 Å². The van der Waals surface area contributed by atoms with E-state index < -0.39 is 15.4 Å². The zero-order valence-corrected chi connectivity index (χ0v) is 11.4. The SMILES string of the molecule is CC(C)S(=O)(=O)Oc1ccccc1.[H-].[Na+]. The molecule has 0 saturated carbocycles. The minimum atomic E-state index is -3.45. The Kier molecular flexibility index (Phi) is 5.74. The molecule has 0 bridgehead atoms. The van der Waals surface area contributed by atoms with Gasteiger partial charge in [-0.15, -0.1) is 0 Å². The number of rotatable bonds is 3. The second-order valence-corrected chi connectivity index (χ2v) is 5.03. The number of hydrogen-bond acceptors (Lipinski definition) is 3. The van der Waals surface area contributed by atoms with Crippen molar-refractivity contribution in [3.05, 3.63) is 30.3 Å². The Balaban J connectivity index is 0. The van der Waals surface area contributed by atoms with Gasteiger partial charge < -0.3 is 5.61 Å². The molecule has 5 heteroatoms. The number of hydrogen-bond donors (Lipinski definition) is 0. The van der Waals surface area contributed by atoms with Crippen LogP contribution in [0.15, 0.2) is 30.3 Å². The predicted octanol–water partition coefficient (Wildman–Crippen LogP) is -1.08. The van der Waals surface area contributed by atoms with Crippen LogP contribution >= 0.6 is 0 Å². The maximum Gasteiger partial charge on any atom is 1.00 e. The van der Waals surface area contributed by atoms with E-state index >= 15 is 0 Å². The molecule has 1 rings (SSSR count). The third kappa shape index (κ3) is 4.00. The van der Waals surface area contributed by atoms with Gasteiger partial charge in [0.1, 0.15) is 5.75 Å². The van der Waals surface area contributed by atoms with Crippen LogP contribution in [0.4, 0.5) is 0 Å². The van der Waals surface area contributed by atoms with Crippen LogP contribution < -0.4 is 33.7 Å². The van der Waals surface area contributed by atoms with Gasteiger partial charge in [0.2, 0.25) is 0 Å². The fourth-order valence-electron chi connectivity index (χ4n) is 0.706. The van der Waals surface area contributed by atoms with E-state index in [2.05, 4.69) is 0 Å². The molecule has 0 amide bonds. The van der Waals surface area contributed by atoms with Crippen molar-refractivity contribution in [1.82, 2.24) is 0 Å². The second-order valence-electron chi connectivity index (χ2n) is 2.94. The molecule has 0 radical (unpaired) electrons. The van der Waals surface area contributed by atoms with Crippen LogP contribution in [-0.2, 0) is 10.1 Å². The summed E-state index contributed by atoms with van der Waals surface area (Å²) in [6, 6.07) is 8.48. The van der Waals surface area contributed by atoms with E-state index in [0.717, 1.165) is 0 Å². The van der Waals surface area contributed by atoms with Crippen LogP contribution in [0.25, 0.3) is 0 Å².